The first-order valence-electron chi connectivity index (χ1n) is 12.6. The van der Waals surface area contributed by atoms with Crippen LogP contribution < -0.4 is 5.32 Å². The molecule has 4 atom stereocenters. The average Bonchev–Trinajstić information content (AvgIpc) is 2.81. The third-order valence-electron chi connectivity index (χ3n) is 7.16. The van der Waals surface area contributed by atoms with E-state index in [9.17, 15) is 14.4 Å². The lowest BCUT2D eigenvalue weighted by molar-refractivity contribution is -0.180. The van der Waals surface area contributed by atoms with Crippen molar-refractivity contribution in [2.45, 2.75) is 79.1 Å². The predicted molar refractivity (Wildman–Crippen MR) is 134 cm³/mol. The maximum Gasteiger partial charge on any atom is 0.320 e. The molecule has 192 valence electrons. The molecule has 2 aliphatic rings. The lowest BCUT2D eigenvalue weighted by Crippen LogP contribution is -2.61. The molecule has 1 saturated heterocycles. The van der Waals surface area contributed by atoms with E-state index in [-0.39, 0.29) is 36.2 Å². The SMILES string of the molecule is CCCCNC(=O)C[C@H]1C[C@@]2(C(=O)OC)C(=C[C@H](C(C)(C)C)O[C@@H]2C)N(Cc2ccccc2)C1=O. The number of hydrogen-bond acceptors (Lipinski definition) is 5. The van der Waals surface area contributed by atoms with E-state index in [1.54, 1.807) is 4.90 Å². The van der Waals surface area contributed by atoms with Crippen molar-refractivity contribution >= 4 is 17.8 Å². The van der Waals surface area contributed by atoms with Gasteiger partial charge in [-0.1, -0.05) is 64.4 Å². The molecule has 2 heterocycles. The van der Waals surface area contributed by atoms with Gasteiger partial charge in [-0.3, -0.25) is 14.4 Å². The van der Waals surface area contributed by atoms with Crippen LogP contribution in [0.1, 0.15) is 65.9 Å². The van der Waals surface area contributed by atoms with Crippen LogP contribution in [0.3, 0.4) is 0 Å². The number of piperidine rings is 1. The largest absolute Gasteiger partial charge is 0.468 e. The molecule has 1 aromatic rings. The Balaban J connectivity index is 2.07. The molecule has 2 aliphatic heterocycles. The van der Waals surface area contributed by atoms with Crippen LogP contribution in [0.5, 0.6) is 0 Å². The first-order valence-corrected chi connectivity index (χ1v) is 12.6. The second-order valence-corrected chi connectivity index (χ2v) is 10.8. The molecule has 1 aromatic carbocycles. The van der Waals surface area contributed by atoms with Crippen LogP contribution in [0.15, 0.2) is 42.1 Å². The Labute approximate surface area is 209 Å². The minimum atomic E-state index is -1.17. The Morgan fingerprint density at radius 1 is 1.23 bits per heavy atom. The Morgan fingerprint density at radius 3 is 2.51 bits per heavy atom. The summed E-state index contributed by atoms with van der Waals surface area (Å²) in [5.41, 5.74) is 0.161. The number of ether oxygens (including phenoxy) is 2. The topological polar surface area (TPSA) is 84.9 Å². The molecule has 0 aromatic heterocycles. The monoisotopic (exact) mass is 484 g/mol. The fraction of sp³-hybridized carbons (Fsp3) is 0.607. The summed E-state index contributed by atoms with van der Waals surface area (Å²) < 4.78 is 11.7. The van der Waals surface area contributed by atoms with Crippen molar-refractivity contribution in [2.24, 2.45) is 16.7 Å². The van der Waals surface area contributed by atoms with E-state index in [1.807, 2.05) is 43.3 Å². The summed E-state index contributed by atoms with van der Waals surface area (Å²) >= 11 is 0. The zero-order valence-electron chi connectivity index (χ0n) is 21.9. The maximum absolute atomic E-state index is 13.9. The van der Waals surface area contributed by atoms with E-state index in [2.05, 4.69) is 33.0 Å². The van der Waals surface area contributed by atoms with Crippen LogP contribution in [0.25, 0.3) is 0 Å². The van der Waals surface area contributed by atoms with Crippen LogP contribution in [0, 0.1) is 16.7 Å². The molecule has 3 rings (SSSR count). The van der Waals surface area contributed by atoms with Gasteiger partial charge in [-0.15, -0.1) is 0 Å². The van der Waals surface area contributed by atoms with Crippen molar-refractivity contribution in [3.05, 3.63) is 47.7 Å². The molecule has 7 heteroatoms. The number of carbonyl (C=O) groups is 3. The van der Waals surface area contributed by atoms with Gasteiger partial charge in [0.2, 0.25) is 11.8 Å². The van der Waals surface area contributed by atoms with Gasteiger partial charge in [-0.2, -0.15) is 0 Å². The fourth-order valence-electron chi connectivity index (χ4n) is 5.07. The molecule has 0 radical (unpaired) electrons. The molecule has 0 aliphatic carbocycles. The van der Waals surface area contributed by atoms with Crippen molar-refractivity contribution in [3.8, 4) is 0 Å². The molecule has 0 bridgehead atoms. The fourth-order valence-corrected chi connectivity index (χ4v) is 5.07. The molecule has 0 spiro atoms. The quantitative estimate of drug-likeness (QED) is 0.441. The molecular weight excluding hydrogens is 444 g/mol. The summed E-state index contributed by atoms with van der Waals surface area (Å²) in [6.45, 7) is 11.0. The van der Waals surface area contributed by atoms with Crippen LogP contribution in [0.4, 0.5) is 0 Å². The van der Waals surface area contributed by atoms with E-state index in [1.165, 1.54) is 7.11 Å². The van der Waals surface area contributed by atoms with Crippen LogP contribution in [-0.2, 0) is 30.4 Å². The van der Waals surface area contributed by atoms with Crippen molar-refractivity contribution < 1.29 is 23.9 Å². The van der Waals surface area contributed by atoms with Gasteiger partial charge in [0.25, 0.3) is 0 Å². The van der Waals surface area contributed by atoms with E-state index in [0.29, 0.717) is 18.8 Å². The lowest BCUT2D eigenvalue weighted by atomic mass is 9.65. The molecule has 2 amide bonds. The van der Waals surface area contributed by atoms with Crippen molar-refractivity contribution in [2.75, 3.05) is 13.7 Å². The molecular formula is C28H40N2O5. The third-order valence-corrected chi connectivity index (χ3v) is 7.16. The Morgan fingerprint density at radius 2 is 1.91 bits per heavy atom. The number of nitrogens with zero attached hydrogens (tertiary/aromatic N) is 1. The minimum absolute atomic E-state index is 0.0231. The summed E-state index contributed by atoms with van der Waals surface area (Å²) in [6.07, 6.45) is 3.15. The Bertz CT molecular complexity index is 952. The summed E-state index contributed by atoms with van der Waals surface area (Å²) in [5, 5.41) is 2.91. The van der Waals surface area contributed by atoms with Crippen molar-refractivity contribution in [1.29, 1.82) is 0 Å². The number of esters is 1. The van der Waals surface area contributed by atoms with Crippen molar-refractivity contribution in [1.82, 2.24) is 10.2 Å². The first kappa shape index (κ1) is 26.9. The number of nitrogens with one attached hydrogen (secondary N) is 1. The number of unbranched alkanes of at least 4 members (excludes halogenated alkanes) is 1. The van der Waals surface area contributed by atoms with E-state index in [4.69, 9.17) is 9.47 Å². The highest BCUT2D eigenvalue weighted by molar-refractivity contribution is 5.92. The highest BCUT2D eigenvalue weighted by Gasteiger charge is 2.60. The highest BCUT2D eigenvalue weighted by atomic mass is 16.5. The number of hydrogen-bond donors (Lipinski definition) is 1. The molecule has 35 heavy (non-hydrogen) atoms. The van der Waals surface area contributed by atoms with Gasteiger partial charge in [0, 0.05) is 24.6 Å². The Kier molecular flexibility index (Phi) is 8.42. The van der Waals surface area contributed by atoms with Gasteiger partial charge in [0.15, 0.2) is 0 Å². The Hall–Kier alpha value is -2.67. The zero-order valence-corrected chi connectivity index (χ0v) is 21.9. The summed E-state index contributed by atoms with van der Waals surface area (Å²) in [6, 6.07) is 9.69. The number of carbonyl (C=O) groups excluding carboxylic acids is 3. The molecule has 0 unspecified atom stereocenters. The minimum Gasteiger partial charge on any atom is -0.468 e. The summed E-state index contributed by atoms with van der Waals surface area (Å²) in [4.78, 5) is 41.7. The van der Waals surface area contributed by atoms with E-state index in [0.717, 1.165) is 18.4 Å². The lowest BCUT2D eigenvalue weighted by Gasteiger charge is -2.53. The number of benzene rings is 1. The second-order valence-electron chi connectivity index (χ2n) is 10.8. The second kappa shape index (κ2) is 10.9. The summed E-state index contributed by atoms with van der Waals surface area (Å²) in [7, 11) is 1.36. The van der Waals surface area contributed by atoms with Crippen LogP contribution in [0.2, 0.25) is 0 Å². The van der Waals surface area contributed by atoms with Gasteiger partial charge in [0.05, 0.1) is 25.9 Å². The highest BCUT2D eigenvalue weighted by Crippen LogP contribution is 2.52. The van der Waals surface area contributed by atoms with Gasteiger partial charge in [-0.05, 0) is 36.8 Å². The molecule has 7 nitrogen and oxygen atoms in total. The summed E-state index contributed by atoms with van der Waals surface area (Å²) in [5.74, 6) is -1.42. The predicted octanol–water partition coefficient (Wildman–Crippen LogP) is 4.22. The van der Waals surface area contributed by atoms with Gasteiger partial charge < -0.3 is 19.7 Å². The smallest absolute Gasteiger partial charge is 0.320 e. The van der Waals surface area contributed by atoms with Gasteiger partial charge in [-0.25, -0.2) is 0 Å². The number of amides is 2. The number of fused-ring (bicyclic) bond motifs is 1. The van der Waals surface area contributed by atoms with Crippen LogP contribution >= 0.6 is 0 Å². The normalized spacial score (nSPS) is 26.6. The molecule has 1 fully saturated rings. The van der Waals surface area contributed by atoms with Gasteiger partial charge in [0.1, 0.15) is 5.41 Å². The third kappa shape index (κ3) is 5.61. The number of likely N-dealkylation sites (tertiary alicyclic amines) is 1. The number of rotatable bonds is 8. The standard InChI is InChI=1S/C28H40N2O5/c1-7-8-14-29-24(31)15-21-17-28(26(33)34-6)19(2)35-23(27(3,4)5)16-22(28)30(25(21)32)18-20-12-10-9-11-13-20/h9-13,16,19,21,23H,7-8,14-15,17-18H2,1-6H3,(H,29,31)/t19-,21+,23-,28+/m1/s1. The van der Waals surface area contributed by atoms with Gasteiger partial charge >= 0.3 is 5.97 Å². The van der Waals surface area contributed by atoms with E-state index >= 15 is 0 Å². The number of methoxy groups -OCH3 is 1. The molecule has 1 N–H and O–H groups in total. The molecule has 0 saturated carbocycles. The van der Waals surface area contributed by atoms with E-state index < -0.39 is 23.4 Å². The maximum atomic E-state index is 13.9. The van der Waals surface area contributed by atoms with Crippen LogP contribution in [-0.4, -0.2) is 48.5 Å². The zero-order chi connectivity index (χ0) is 25.8. The average molecular weight is 485 g/mol. The van der Waals surface area contributed by atoms with Crippen molar-refractivity contribution in [3.63, 3.8) is 0 Å². The first-order chi connectivity index (χ1) is 16.5.